The van der Waals surface area contributed by atoms with Crippen LogP contribution in [0.4, 0.5) is 0 Å². The van der Waals surface area contributed by atoms with Crippen LogP contribution < -0.4 is 0 Å². The fourth-order valence-electron chi connectivity index (χ4n) is 6.16. The number of halogens is 2. The largest absolute Gasteiger partial charge is 0.359 e. The molecule has 8 aliphatic heterocycles. The molecule has 8 rings (SSSR count). The predicted octanol–water partition coefficient (Wildman–Crippen LogP) is 3.96. The van der Waals surface area contributed by atoms with Gasteiger partial charge >= 0.3 is 0 Å². The summed E-state index contributed by atoms with van der Waals surface area (Å²) in [5.41, 5.74) is 1.36. The molecule has 1 unspecified atom stereocenters. The molecule has 2 spiro atoms. The molecule has 4 nitrogen and oxygen atoms in total. The van der Waals surface area contributed by atoms with Crippen molar-refractivity contribution < 1.29 is 9.47 Å². The molecule has 0 N–H and O–H groups in total. The van der Waals surface area contributed by atoms with E-state index in [9.17, 15) is 0 Å². The number of piperidine rings is 6. The zero-order valence-corrected chi connectivity index (χ0v) is 20.4. The highest BCUT2D eigenvalue weighted by molar-refractivity contribution is 8.00. The lowest BCUT2D eigenvalue weighted by atomic mass is 9.76. The number of fused-ring (bicyclic) bond motifs is 4. The normalized spacial score (nSPS) is 50.8. The second kappa shape index (κ2) is 9.32. The van der Waals surface area contributed by atoms with Crippen LogP contribution in [0.1, 0.15) is 39.5 Å². The molecule has 0 radical (unpaired) electrons. The lowest BCUT2D eigenvalue weighted by molar-refractivity contribution is -0.133. The Kier molecular flexibility index (Phi) is 7.91. The summed E-state index contributed by atoms with van der Waals surface area (Å²) in [4.78, 5) is 5.16. The Hall–Kier alpha value is 1.12. The van der Waals surface area contributed by atoms with E-state index < -0.39 is 0 Å². The van der Waals surface area contributed by atoms with Gasteiger partial charge in [0.05, 0.1) is 11.2 Å². The maximum Gasteiger partial charge on any atom is 0.101 e. The minimum atomic E-state index is 0. The van der Waals surface area contributed by atoms with Crippen LogP contribution in [0.25, 0.3) is 0 Å². The van der Waals surface area contributed by atoms with Gasteiger partial charge in [0.25, 0.3) is 0 Å². The Balaban J connectivity index is 0.000000150. The minimum absolute atomic E-state index is 0. The number of hydrogen-bond acceptors (Lipinski definition) is 6. The van der Waals surface area contributed by atoms with Gasteiger partial charge in [-0.15, -0.1) is 48.3 Å². The average Bonchev–Trinajstić information content (AvgIpc) is 3.20. The van der Waals surface area contributed by atoms with E-state index in [1.165, 1.54) is 76.5 Å². The van der Waals surface area contributed by atoms with Crippen LogP contribution in [0.2, 0.25) is 0 Å². The van der Waals surface area contributed by atoms with Crippen LogP contribution in [-0.2, 0) is 9.47 Å². The molecule has 8 heterocycles. The molecule has 8 fully saturated rings. The van der Waals surface area contributed by atoms with Gasteiger partial charge in [-0.05, 0) is 77.5 Å². The van der Waals surface area contributed by atoms with Crippen LogP contribution in [0.3, 0.4) is 0 Å². The van der Waals surface area contributed by atoms with Crippen molar-refractivity contribution in [1.82, 2.24) is 9.80 Å². The van der Waals surface area contributed by atoms with E-state index in [0.29, 0.717) is 10.9 Å². The highest BCUT2D eigenvalue weighted by atomic mass is 35.5. The Morgan fingerprint density at radius 2 is 1.04 bits per heavy atom. The summed E-state index contributed by atoms with van der Waals surface area (Å²) in [6.45, 7) is 12.0. The van der Waals surface area contributed by atoms with Crippen LogP contribution in [0.5, 0.6) is 0 Å². The molecule has 8 saturated heterocycles. The molecule has 0 aromatic rings. The minimum Gasteiger partial charge on any atom is -0.359 e. The fraction of sp³-hybridized carbons (Fsp3) is 1.00. The van der Waals surface area contributed by atoms with Gasteiger partial charge in [-0.2, -0.15) is 0 Å². The van der Waals surface area contributed by atoms with Gasteiger partial charge in [0.15, 0.2) is 0 Å². The van der Waals surface area contributed by atoms with Gasteiger partial charge in [-0.1, -0.05) is 0 Å². The summed E-state index contributed by atoms with van der Waals surface area (Å²) in [6, 6.07) is 0. The molecular formula is C20H36Cl2N2O2S2. The number of rotatable bonds is 0. The Morgan fingerprint density at radius 3 is 1.25 bits per heavy atom. The van der Waals surface area contributed by atoms with Gasteiger partial charge in [0.2, 0.25) is 0 Å². The van der Waals surface area contributed by atoms with Crippen molar-refractivity contribution >= 4 is 48.3 Å². The molecule has 28 heavy (non-hydrogen) atoms. The smallest absolute Gasteiger partial charge is 0.101 e. The van der Waals surface area contributed by atoms with Gasteiger partial charge < -0.3 is 19.3 Å². The maximum absolute atomic E-state index is 6.14. The zero-order valence-electron chi connectivity index (χ0n) is 17.1. The summed E-state index contributed by atoms with van der Waals surface area (Å²) in [5, 5.41) is 0. The molecule has 0 saturated carbocycles. The molecule has 8 heteroatoms. The topological polar surface area (TPSA) is 24.9 Å². The predicted molar refractivity (Wildman–Crippen MR) is 124 cm³/mol. The van der Waals surface area contributed by atoms with Crippen LogP contribution in [0.15, 0.2) is 0 Å². The average molecular weight is 472 g/mol. The lowest BCUT2D eigenvalue weighted by Gasteiger charge is -2.50. The van der Waals surface area contributed by atoms with Crippen LogP contribution in [-0.4, -0.2) is 82.6 Å². The molecule has 0 aromatic carbocycles. The van der Waals surface area contributed by atoms with E-state index in [-0.39, 0.29) is 36.0 Å². The Labute approximate surface area is 191 Å². The standard InChI is InChI=1S/2C10H17NOS.2ClH/c2*1-8-12-10(7-13-8)6-11-4-2-9(10)3-5-11;;/h2*8-9H,2-7H2,1H3;2*1H/t8?,10-;8-,10-;;/m10../s1. The highest BCUT2D eigenvalue weighted by Crippen LogP contribution is 2.47. The molecule has 4 bridgehead atoms. The third kappa shape index (κ3) is 4.36. The van der Waals surface area contributed by atoms with Crippen molar-refractivity contribution in [3.63, 3.8) is 0 Å². The zero-order chi connectivity index (χ0) is 17.8. The second-order valence-electron chi connectivity index (χ2n) is 9.22. The number of ether oxygens (including phenoxy) is 2. The van der Waals surface area contributed by atoms with E-state index in [1.54, 1.807) is 0 Å². The molecule has 8 aliphatic rings. The second-order valence-corrected chi connectivity index (χ2v) is 11.8. The molecule has 0 aromatic heterocycles. The first-order chi connectivity index (χ1) is 12.6. The van der Waals surface area contributed by atoms with Gasteiger partial charge in [-0.3, -0.25) is 0 Å². The van der Waals surface area contributed by atoms with Crippen molar-refractivity contribution in [1.29, 1.82) is 0 Å². The first-order valence-corrected chi connectivity index (χ1v) is 12.7. The van der Waals surface area contributed by atoms with Gasteiger partial charge in [-0.25, -0.2) is 0 Å². The monoisotopic (exact) mass is 470 g/mol. The van der Waals surface area contributed by atoms with Gasteiger partial charge in [0, 0.05) is 24.6 Å². The summed E-state index contributed by atoms with van der Waals surface area (Å²) in [6.07, 6.45) is 5.47. The van der Waals surface area contributed by atoms with Crippen molar-refractivity contribution in [2.24, 2.45) is 11.8 Å². The fourth-order valence-corrected chi connectivity index (χ4v) is 8.50. The lowest BCUT2D eigenvalue weighted by Crippen LogP contribution is -2.60. The first-order valence-electron chi connectivity index (χ1n) is 10.6. The summed E-state index contributed by atoms with van der Waals surface area (Å²) < 4.78 is 12.3. The molecule has 164 valence electrons. The third-order valence-corrected chi connectivity index (χ3v) is 10.0. The van der Waals surface area contributed by atoms with Crippen molar-refractivity contribution in [3.05, 3.63) is 0 Å². The molecule has 4 atom stereocenters. The maximum atomic E-state index is 6.14. The third-order valence-electron chi connectivity index (χ3n) is 7.57. The molecule has 0 aliphatic carbocycles. The summed E-state index contributed by atoms with van der Waals surface area (Å²) in [7, 11) is 0. The Morgan fingerprint density at radius 1 is 0.679 bits per heavy atom. The van der Waals surface area contributed by atoms with Crippen molar-refractivity contribution in [2.45, 2.75) is 61.6 Å². The number of hydrogen-bond donors (Lipinski definition) is 0. The number of thioether (sulfide) groups is 2. The molecular weight excluding hydrogens is 435 g/mol. The van der Waals surface area contributed by atoms with Crippen molar-refractivity contribution in [3.8, 4) is 0 Å². The van der Waals surface area contributed by atoms with Gasteiger partial charge in [0.1, 0.15) is 10.9 Å². The van der Waals surface area contributed by atoms with E-state index in [2.05, 4.69) is 23.6 Å². The quantitative estimate of drug-likeness (QED) is 0.531. The Bertz CT molecular complexity index is 486. The van der Waals surface area contributed by atoms with E-state index in [4.69, 9.17) is 9.47 Å². The van der Waals surface area contributed by atoms with E-state index >= 15 is 0 Å². The first kappa shape index (κ1) is 23.8. The van der Waals surface area contributed by atoms with E-state index in [0.717, 1.165) is 11.8 Å². The highest BCUT2D eigenvalue weighted by Gasteiger charge is 2.52. The number of nitrogens with zero attached hydrogens (tertiary/aromatic N) is 2. The van der Waals surface area contributed by atoms with Crippen molar-refractivity contribution in [2.75, 3.05) is 50.8 Å². The van der Waals surface area contributed by atoms with Crippen LogP contribution >= 0.6 is 48.3 Å². The molecule has 0 amide bonds. The van der Waals surface area contributed by atoms with Crippen LogP contribution in [0, 0.1) is 11.8 Å². The summed E-state index contributed by atoms with van der Waals surface area (Å²) >= 11 is 3.99. The summed E-state index contributed by atoms with van der Waals surface area (Å²) in [5.74, 6) is 4.18. The SMILES string of the molecule is CC1O[C@@]2(CS1)CN1CCC2CC1.C[C@H]1O[C@]2(CS1)CN1CCC2CC1.Cl.Cl. The van der Waals surface area contributed by atoms with E-state index in [1.807, 2.05) is 23.5 Å².